The van der Waals surface area contributed by atoms with Crippen LogP contribution < -0.4 is 5.32 Å². The molecule has 0 saturated heterocycles. The monoisotopic (exact) mass is 834 g/mol. The van der Waals surface area contributed by atoms with E-state index in [2.05, 4.69) is 92.1 Å². The lowest BCUT2D eigenvalue weighted by Crippen LogP contribution is -2.29. The molecule has 0 bridgehead atoms. The Kier molecular flexibility index (Phi) is 42.1. The molecule has 2 unspecified atom stereocenters. The van der Waals surface area contributed by atoms with Crippen LogP contribution in [0.1, 0.15) is 181 Å². The Balaban J connectivity index is 4.29. The SMILES string of the molecule is CCCCC/C=C\C/C=C\C/C=C\C/C=C\CCCCCC(=O)OCC(COP(=O)(O)OCCNC)OC(=O)CCCCCCCCC/C=C\C/C=C\CCCCC. The number of phosphoric acid groups is 1. The molecule has 2 atom stereocenters. The van der Waals surface area contributed by atoms with Gasteiger partial charge >= 0.3 is 19.8 Å². The van der Waals surface area contributed by atoms with Gasteiger partial charge in [-0.15, -0.1) is 0 Å². The van der Waals surface area contributed by atoms with Crippen LogP contribution >= 0.6 is 7.82 Å². The Morgan fingerprint density at radius 3 is 1.40 bits per heavy atom. The minimum absolute atomic E-state index is 0.0275. The predicted molar refractivity (Wildman–Crippen MR) is 243 cm³/mol. The number of phosphoric ester groups is 1. The van der Waals surface area contributed by atoms with Gasteiger partial charge in [0.25, 0.3) is 0 Å². The molecule has 0 radical (unpaired) electrons. The first kappa shape index (κ1) is 55.5. The number of nitrogens with one attached hydrogen (secondary N) is 1. The van der Waals surface area contributed by atoms with Gasteiger partial charge in [0.05, 0.1) is 13.2 Å². The van der Waals surface area contributed by atoms with Crippen LogP contribution in [-0.4, -0.2) is 56.3 Å². The molecular formula is C48H84NO8P. The van der Waals surface area contributed by atoms with Crippen LogP contribution in [0.2, 0.25) is 0 Å². The summed E-state index contributed by atoms with van der Waals surface area (Å²) < 4.78 is 33.2. The molecule has 0 aliphatic carbocycles. The maximum atomic E-state index is 12.6. The van der Waals surface area contributed by atoms with Gasteiger partial charge in [-0.1, -0.05) is 151 Å². The van der Waals surface area contributed by atoms with Gasteiger partial charge in [-0.05, 0) is 96.9 Å². The second kappa shape index (κ2) is 44.0. The van der Waals surface area contributed by atoms with Crippen molar-refractivity contribution in [3.8, 4) is 0 Å². The van der Waals surface area contributed by atoms with Crippen LogP contribution in [-0.2, 0) is 32.7 Å². The third-order valence-electron chi connectivity index (χ3n) is 9.30. The predicted octanol–water partition coefficient (Wildman–Crippen LogP) is 13.3. The van der Waals surface area contributed by atoms with Gasteiger partial charge in [0.1, 0.15) is 6.61 Å². The average Bonchev–Trinajstić information content (AvgIpc) is 3.21. The number of hydrogen-bond donors (Lipinski definition) is 2. The maximum absolute atomic E-state index is 12.6. The van der Waals surface area contributed by atoms with E-state index in [0.29, 0.717) is 19.4 Å². The van der Waals surface area contributed by atoms with Crippen molar-refractivity contribution in [3.05, 3.63) is 72.9 Å². The molecule has 58 heavy (non-hydrogen) atoms. The quantitative estimate of drug-likeness (QED) is 0.0268. The Bertz CT molecular complexity index is 1180. The van der Waals surface area contributed by atoms with E-state index in [1.54, 1.807) is 7.05 Å². The zero-order valence-corrected chi connectivity index (χ0v) is 37.9. The van der Waals surface area contributed by atoms with Crippen LogP contribution in [0.4, 0.5) is 0 Å². The highest BCUT2D eigenvalue weighted by Gasteiger charge is 2.26. The molecule has 9 nitrogen and oxygen atoms in total. The highest BCUT2D eigenvalue weighted by Crippen LogP contribution is 2.43. The number of rotatable bonds is 42. The molecule has 0 aromatic carbocycles. The summed E-state index contributed by atoms with van der Waals surface area (Å²) in [6.07, 6.45) is 52.2. The number of ether oxygens (including phenoxy) is 2. The number of esters is 2. The van der Waals surface area contributed by atoms with Gasteiger partial charge in [0.2, 0.25) is 0 Å². The van der Waals surface area contributed by atoms with Crippen LogP contribution in [0.5, 0.6) is 0 Å². The smallest absolute Gasteiger partial charge is 0.462 e. The van der Waals surface area contributed by atoms with Crippen molar-refractivity contribution in [1.29, 1.82) is 0 Å². The van der Waals surface area contributed by atoms with Crippen LogP contribution in [0.15, 0.2) is 72.9 Å². The summed E-state index contributed by atoms with van der Waals surface area (Å²) in [5.74, 6) is -0.856. The Labute approximate surface area is 354 Å². The molecule has 0 aromatic rings. The van der Waals surface area contributed by atoms with Crippen molar-refractivity contribution < 1.29 is 37.6 Å². The molecule has 0 aliphatic heterocycles. The van der Waals surface area contributed by atoms with E-state index in [4.69, 9.17) is 18.5 Å². The van der Waals surface area contributed by atoms with Crippen molar-refractivity contribution in [3.63, 3.8) is 0 Å². The van der Waals surface area contributed by atoms with E-state index < -0.39 is 32.5 Å². The number of allylic oxidation sites excluding steroid dienone is 12. The Morgan fingerprint density at radius 1 is 0.534 bits per heavy atom. The van der Waals surface area contributed by atoms with Crippen molar-refractivity contribution >= 4 is 19.8 Å². The molecule has 0 heterocycles. The molecule has 10 heteroatoms. The topological polar surface area (TPSA) is 120 Å². The molecule has 0 fully saturated rings. The molecule has 0 aliphatic rings. The summed E-state index contributed by atoms with van der Waals surface area (Å²) >= 11 is 0. The molecule has 2 N–H and O–H groups in total. The molecule has 0 aromatic heterocycles. The molecule has 0 spiro atoms. The maximum Gasteiger partial charge on any atom is 0.472 e. The zero-order chi connectivity index (χ0) is 42.5. The molecular weight excluding hydrogens is 750 g/mol. The average molecular weight is 834 g/mol. The summed E-state index contributed by atoms with van der Waals surface area (Å²) in [6, 6.07) is 0. The van der Waals surface area contributed by atoms with Crippen LogP contribution in [0, 0.1) is 0 Å². The number of carbonyl (C=O) groups excluding carboxylic acids is 2. The van der Waals surface area contributed by atoms with Gasteiger partial charge in [-0.2, -0.15) is 0 Å². The number of hydrogen-bond acceptors (Lipinski definition) is 8. The van der Waals surface area contributed by atoms with E-state index in [1.165, 1.54) is 70.6 Å². The largest absolute Gasteiger partial charge is 0.472 e. The summed E-state index contributed by atoms with van der Waals surface area (Å²) in [6.45, 7) is 4.12. The fourth-order valence-electron chi connectivity index (χ4n) is 5.80. The highest BCUT2D eigenvalue weighted by molar-refractivity contribution is 7.47. The number of unbranched alkanes of at least 4 members (excludes halogenated alkanes) is 16. The van der Waals surface area contributed by atoms with Crippen LogP contribution in [0.25, 0.3) is 0 Å². The van der Waals surface area contributed by atoms with Crippen molar-refractivity contribution in [2.24, 2.45) is 0 Å². The van der Waals surface area contributed by atoms with Gasteiger partial charge in [-0.3, -0.25) is 18.6 Å². The summed E-state index contributed by atoms with van der Waals surface area (Å²) in [5.41, 5.74) is 0. The van der Waals surface area contributed by atoms with E-state index >= 15 is 0 Å². The Morgan fingerprint density at radius 2 is 0.931 bits per heavy atom. The second-order valence-electron chi connectivity index (χ2n) is 14.9. The van der Waals surface area contributed by atoms with Gasteiger partial charge in [0.15, 0.2) is 6.10 Å². The molecule has 0 saturated carbocycles. The third kappa shape index (κ3) is 43.0. The van der Waals surface area contributed by atoms with E-state index in [1.807, 2.05) is 0 Å². The van der Waals surface area contributed by atoms with E-state index in [-0.39, 0.29) is 26.1 Å². The van der Waals surface area contributed by atoms with E-state index in [9.17, 15) is 19.0 Å². The number of likely N-dealkylation sites (N-methyl/N-ethyl adjacent to an activating group) is 1. The summed E-state index contributed by atoms with van der Waals surface area (Å²) in [4.78, 5) is 35.1. The lowest BCUT2D eigenvalue weighted by atomic mass is 10.1. The lowest BCUT2D eigenvalue weighted by molar-refractivity contribution is -0.161. The molecule has 0 amide bonds. The zero-order valence-electron chi connectivity index (χ0n) is 37.0. The minimum atomic E-state index is -4.36. The first-order valence-electron chi connectivity index (χ1n) is 22.9. The number of carbonyl (C=O) groups is 2. The molecule has 334 valence electrons. The fourth-order valence-corrected chi connectivity index (χ4v) is 6.55. The van der Waals surface area contributed by atoms with Gasteiger partial charge < -0.3 is 19.7 Å². The standard InChI is InChI=1S/C48H84NO8P/c1-4-6-8-10-12-14-16-18-20-22-23-25-26-28-30-32-34-36-38-40-47(50)54-44-46(45-56-58(52,53)55-43-42-49-3)57-48(51)41-39-37-35-33-31-29-27-24-21-19-17-15-13-11-9-7-5-2/h12-15,18-21,23,25,28,30,46,49H,4-11,16-17,22,24,26-27,29,31-45H2,1-3H3,(H,52,53)/b14-12-,15-13-,20-18-,21-19-,25-23-,30-28-. The minimum Gasteiger partial charge on any atom is -0.462 e. The fraction of sp³-hybridized carbons (Fsp3) is 0.708. The highest BCUT2D eigenvalue weighted by atomic mass is 31.2. The molecule has 0 rings (SSSR count). The van der Waals surface area contributed by atoms with Crippen molar-refractivity contribution in [2.45, 2.75) is 187 Å². The second-order valence-corrected chi connectivity index (χ2v) is 16.3. The van der Waals surface area contributed by atoms with Crippen LogP contribution in [0.3, 0.4) is 0 Å². The normalized spacial score (nSPS) is 13.9. The van der Waals surface area contributed by atoms with Gasteiger partial charge in [0, 0.05) is 19.4 Å². The summed E-state index contributed by atoms with van der Waals surface area (Å²) in [7, 11) is -2.67. The van der Waals surface area contributed by atoms with Crippen molar-refractivity contribution in [1.82, 2.24) is 5.32 Å². The third-order valence-corrected chi connectivity index (χ3v) is 10.3. The Hall–Kier alpha value is -2.55. The first-order chi connectivity index (χ1) is 28.3. The first-order valence-corrected chi connectivity index (χ1v) is 24.4. The van der Waals surface area contributed by atoms with Gasteiger partial charge in [-0.25, -0.2) is 4.57 Å². The van der Waals surface area contributed by atoms with E-state index in [0.717, 1.165) is 70.6 Å². The lowest BCUT2D eigenvalue weighted by Gasteiger charge is -2.20. The van der Waals surface area contributed by atoms with Crippen molar-refractivity contribution in [2.75, 3.05) is 33.4 Å². The summed E-state index contributed by atoms with van der Waals surface area (Å²) in [5, 5.41) is 2.82.